The molecule has 1 atom stereocenters. The van der Waals surface area contributed by atoms with E-state index in [-0.39, 0.29) is 11.9 Å². The molecule has 0 aliphatic heterocycles. The summed E-state index contributed by atoms with van der Waals surface area (Å²) in [5.74, 6) is 0.0267. The Morgan fingerprint density at radius 3 is 2.41 bits per heavy atom. The predicted octanol–water partition coefficient (Wildman–Crippen LogP) is 3.60. The lowest BCUT2D eigenvalue weighted by molar-refractivity contribution is 0.0938. The second kappa shape index (κ2) is 6.80. The quantitative estimate of drug-likeness (QED) is 0.827. The highest BCUT2D eigenvalue weighted by atomic mass is 79.9. The van der Waals surface area contributed by atoms with E-state index in [0.29, 0.717) is 0 Å². The van der Waals surface area contributed by atoms with Gasteiger partial charge in [0.25, 0.3) is 5.91 Å². The molecule has 0 saturated carbocycles. The fourth-order valence-corrected chi connectivity index (χ4v) is 2.19. The average molecular weight is 298 g/mol. The molecular formula is C14H20BrNO. The summed E-state index contributed by atoms with van der Waals surface area (Å²) in [7, 11) is 0. The van der Waals surface area contributed by atoms with Crippen molar-refractivity contribution in [3.8, 4) is 0 Å². The zero-order valence-corrected chi connectivity index (χ0v) is 12.3. The van der Waals surface area contributed by atoms with Crippen LogP contribution >= 0.6 is 15.9 Å². The third kappa shape index (κ3) is 4.90. The fraction of sp³-hybridized carbons (Fsp3) is 0.500. The first-order chi connectivity index (χ1) is 8.02. The number of alkyl halides is 1. The molecule has 1 N–H and O–H groups in total. The van der Waals surface area contributed by atoms with Crippen LogP contribution in [0.1, 0.15) is 41.3 Å². The fourth-order valence-electron chi connectivity index (χ4n) is 1.87. The summed E-state index contributed by atoms with van der Waals surface area (Å²) in [6.07, 6.45) is 2.08. The summed E-state index contributed by atoms with van der Waals surface area (Å²) in [5, 5.41) is 4.01. The number of aryl methyl sites for hydroxylation is 2. The van der Waals surface area contributed by atoms with E-state index in [4.69, 9.17) is 0 Å². The van der Waals surface area contributed by atoms with Gasteiger partial charge in [-0.1, -0.05) is 33.1 Å². The molecular weight excluding hydrogens is 278 g/mol. The van der Waals surface area contributed by atoms with Crippen molar-refractivity contribution in [1.29, 1.82) is 0 Å². The first-order valence-electron chi connectivity index (χ1n) is 5.98. The molecule has 1 amide bonds. The Kier molecular flexibility index (Phi) is 5.69. The van der Waals surface area contributed by atoms with Crippen LogP contribution in [0.5, 0.6) is 0 Å². The maximum atomic E-state index is 12.0. The molecule has 94 valence electrons. The van der Waals surface area contributed by atoms with Crippen molar-refractivity contribution in [3.05, 3.63) is 34.9 Å². The number of amides is 1. The van der Waals surface area contributed by atoms with E-state index in [1.54, 1.807) is 0 Å². The van der Waals surface area contributed by atoms with Gasteiger partial charge in [0.15, 0.2) is 0 Å². The van der Waals surface area contributed by atoms with Gasteiger partial charge in [-0.2, -0.15) is 0 Å². The molecule has 17 heavy (non-hydrogen) atoms. The number of rotatable bonds is 5. The third-order valence-electron chi connectivity index (χ3n) is 2.63. The lowest BCUT2D eigenvalue weighted by atomic mass is 10.1. The Morgan fingerprint density at radius 1 is 1.29 bits per heavy atom. The summed E-state index contributed by atoms with van der Waals surface area (Å²) < 4.78 is 0. The van der Waals surface area contributed by atoms with Crippen molar-refractivity contribution in [3.63, 3.8) is 0 Å². The number of carbonyl (C=O) groups is 1. The Balaban J connectivity index is 2.63. The van der Waals surface area contributed by atoms with Gasteiger partial charge >= 0.3 is 0 Å². The molecule has 3 heteroatoms. The van der Waals surface area contributed by atoms with Gasteiger partial charge in [-0.05, 0) is 45.7 Å². The van der Waals surface area contributed by atoms with Crippen molar-refractivity contribution in [2.75, 3.05) is 5.33 Å². The number of hydrogen-bond acceptors (Lipinski definition) is 1. The first kappa shape index (κ1) is 14.2. The van der Waals surface area contributed by atoms with Gasteiger partial charge in [-0.3, -0.25) is 4.79 Å². The molecule has 0 radical (unpaired) electrons. The second-order valence-corrected chi connectivity index (χ2v) is 5.38. The van der Waals surface area contributed by atoms with Crippen molar-refractivity contribution < 1.29 is 4.79 Å². The summed E-state index contributed by atoms with van der Waals surface area (Å²) in [4.78, 5) is 12.0. The van der Waals surface area contributed by atoms with Crippen LogP contribution in [-0.4, -0.2) is 17.3 Å². The van der Waals surface area contributed by atoms with Crippen molar-refractivity contribution in [1.82, 2.24) is 5.32 Å². The summed E-state index contributed by atoms with van der Waals surface area (Å²) in [6, 6.07) is 6.16. The molecule has 1 aromatic carbocycles. The van der Waals surface area contributed by atoms with E-state index < -0.39 is 0 Å². The molecule has 1 unspecified atom stereocenters. The predicted molar refractivity (Wildman–Crippen MR) is 75.9 cm³/mol. The third-order valence-corrected chi connectivity index (χ3v) is 3.19. The van der Waals surface area contributed by atoms with E-state index in [0.717, 1.165) is 34.9 Å². The normalized spacial score (nSPS) is 12.2. The van der Waals surface area contributed by atoms with E-state index in [2.05, 4.69) is 27.3 Å². The van der Waals surface area contributed by atoms with E-state index in [9.17, 15) is 4.79 Å². The summed E-state index contributed by atoms with van der Waals surface area (Å²) >= 11 is 3.40. The lowest BCUT2D eigenvalue weighted by Gasteiger charge is -2.13. The molecule has 0 aliphatic rings. The maximum absolute atomic E-state index is 12.0. The van der Waals surface area contributed by atoms with Crippen LogP contribution < -0.4 is 5.32 Å². The highest BCUT2D eigenvalue weighted by Gasteiger charge is 2.10. The molecule has 1 rings (SSSR count). The molecule has 2 nitrogen and oxygen atoms in total. The minimum absolute atomic E-state index is 0.0267. The number of benzene rings is 1. The van der Waals surface area contributed by atoms with Crippen LogP contribution in [0.3, 0.4) is 0 Å². The van der Waals surface area contributed by atoms with Gasteiger partial charge in [-0.25, -0.2) is 0 Å². The van der Waals surface area contributed by atoms with Gasteiger partial charge in [0.1, 0.15) is 0 Å². The highest BCUT2D eigenvalue weighted by molar-refractivity contribution is 9.09. The van der Waals surface area contributed by atoms with Crippen LogP contribution in [0.2, 0.25) is 0 Å². The highest BCUT2D eigenvalue weighted by Crippen LogP contribution is 2.09. The summed E-state index contributed by atoms with van der Waals surface area (Å²) in [6.45, 7) is 6.07. The first-order valence-corrected chi connectivity index (χ1v) is 7.10. The molecule has 0 spiro atoms. The van der Waals surface area contributed by atoms with Crippen molar-refractivity contribution in [2.24, 2.45) is 0 Å². The van der Waals surface area contributed by atoms with Gasteiger partial charge in [0, 0.05) is 16.9 Å². The molecule has 1 aromatic rings. The SMILES string of the molecule is Cc1cc(C)cc(C(=O)NC(C)CCCBr)c1. The molecule has 0 bridgehead atoms. The van der Waals surface area contributed by atoms with Crippen LogP contribution in [-0.2, 0) is 0 Å². The van der Waals surface area contributed by atoms with E-state index >= 15 is 0 Å². The van der Waals surface area contributed by atoms with Gasteiger partial charge in [0.05, 0.1) is 0 Å². The minimum Gasteiger partial charge on any atom is -0.350 e. The van der Waals surface area contributed by atoms with E-state index in [1.807, 2.05) is 32.9 Å². The Labute approximate surface area is 112 Å². The Bertz CT molecular complexity index is 370. The molecule has 0 aromatic heterocycles. The summed E-state index contributed by atoms with van der Waals surface area (Å²) in [5.41, 5.74) is 3.01. The minimum atomic E-state index is 0.0267. The van der Waals surface area contributed by atoms with Crippen molar-refractivity contribution >= 4 is 21.8 Å². The topological polar surface area (TPSA) is 29.1 Å². The molecule has 0 aliphatic carbocycles. The second-order valence-electron chi connectivity index (χ2n) is 4.58. The van der Waals surface area contributed by atoms with Gasteiger partial charge in [-0.15, -0.1) is 0 Å². The molecule has 0 fully saturated rings. The smallest absolute Gasteiger partial charge is 0.251 e. The zero-order valence-electron chi connectivity index (χ0n) is 10.7. The van der Waals surface area contributed by atoms with E-state index in [1.165, 1.54) is 0 Å². The number of hydrogen-bond donors (Lipinski definition) is 1. The largest absolute Gasteiger partial charge is 0.350 e. The van der Waals surface area contributed by atoms with Crippen molar-refractivity contribution in [2.45, 2.75) is 39.7 Å². The standard InChI is InChI=1S/C14H20BrNO/c1-10-7-11(2)9-13(8-10)14(17)16-12(3)5-4-6-15/h7-9,12H,4-6H2,1-3H3,(H,16,17). The molecule has 0 heterocycles. The van der Waals surface area contributed by atoms with Crippen LogP contribution in [0.4, 0.5) is 0 Å². The van der Waals surface area contributed by atoms with Gasteiger partial charge < -0.3 is 5.32 Å². The van der Waals surface area contributed by atoms with Crippen LogP contribution in [0.15, 0.2) is 18.2 Å². The Morgan fingerprint density at radius 2 is 1.88 bits per heavy atom. The Hall–Kier alpha value is -0.830. The zero-order chi connectivity index (χ0) is 12.8. The molecule has 0 saturated heterocycles. The van der Waals surface area contributed by atoms with Gasteiger partial charge in [0.2, 0.25) is 0 Å². The monoisotopic (exact) mass is 297 g/mol. The average Bonchev–Trinajstić information content (AvgIpc) is 2.25. The number of halogens is 1. The number of nitrogens with one attached hydrogen (secondary N) is 1. The van der Waals surface area contributed by atoms with Crippen LogP contribution in [0.25, 0.3) is 0 Å². The van der Waals surface area contributed by atoms with Crippen LogP contribution in [0, 0.1) is 13.8 Å². The number of carbonyl (C=O) groups excluding carboxylic acids is 1. The lowest BCUT2D eigenvalue weighted by Crippen LogP contribution is -2.32. The maximum Gasteiger partial charge on any atom is 0.251 e.